The summed E-state index contributed by atoms with van der Waals surface area (Å²) in [6.07, 6.45) is -6.07. The predicted octanol–water partition coefficient (Wildman–Crippen LogP) is 4.42. The number of amides is 1. The molecule has 0 aliphatic carbocycles. The van der Waals surface area contributed by atoms with Crippen molar-refractivity contribution in [1.29, 1.82) is 0 Å². The van der Waals surface area contributed by atoms with Gasteiger partial charge in [0, 0.05) is 24.5 Å². The van der Waals surface area contributed by atoms with Gasteiger partial charge in [0.2, 0.25) is 0 Å². The Bertz CT molecular complexity index is 959. The summed E-state index contributed by atoms with van der Waals surface area (Å²) in [6.45, 7) is -0.347. The standard InChI is InChI=1S/C19H16BrF3N2O2/c1-25-14-9-5-3-7-12(14)16(20)17(25)18(27)24-10-15(26)11-6-2-4-8-13(11)19(21,22)23/h2-9,15,26H,10H2,1H3,(H,24,27)/t15-/m0/s1. The minimum atomic E-state index is -4.58. The molecule has 0 fully saturated rings. The van der Waals surface area contributed by atoms with Crippen molar-refractivity contribution in [3.8, 4) is 0 Å². The van der Waals surface area contributed by atoms with Gasteiger partial charge in [-0.25, -0.2) is 0 Å². The Kier molecular flexibility index (Phi) is 5.30. The van der Waals surface area contributed by atoms with E-state index in [1.165, 1.54) is 18.2 Å². The monoisotopic (exact) mass is 440 g/mol. The normalized spacial score (nSPS) is 13.0. The van der Waals surface area contributed by atoms with Crippen molar-refractivity contribution >= 4 is 32.7 Å². The molecule has 142 valence electrons. The van der Waals surface area contributed by atoms with Crippen LogP contribution in [0.25, 0.3) is 10.9 Å². The number of hydrogen-bond donors (Lipinski definition) is 2. The zero-order valence-electron chi connectivity index (χ0n) is 14.2. The van der Waals surface area contributed by atoms with Gasteiger partial charge in [-0.15, -0.1) is 0 Å². The van der Waals surface area contributed by atoms with Crippen LogP contribution in [-0.4, -0.2) is 22.1 Å². The first-order valence-corrected chi connectivity index (χ1v) is 8.86. The molecule has 0 radical (unpaired) electrons. The summed E-state index contributed by atoms with van der Waals surface area (Å²) in [7, 11) is 1.72. The lowest BCUT2D eigenvalue weighted by Gasteiger charge is -2.18. The topological polar surface area (TPSA) is 54.3 Å². The van der Waals surface area contributed by atoms with Gasteiger partial charge in [0.05, 0.1) is 16.1 Å². The van der Waals surface area contributed by atoms with Gasteiger partial charge in [0.25, 0.3) is 5.91 Å². The number of aliphatic hydroxyl groups is 1. The number of rotatable bonds is 4. The van der Waals surface area contributed by atoms with Gasteiger partial charge in [0.15, 0.2) is 0 Å². The highest BCUT2D eigenvalue weighted by Crippen LogP contribution is 2.34. The van der Waals surface area contributed by atoms with Crippen LogP contribution in [0.3, 0.4) is 0 Å². The smallest absolute Gasteiger partial charge is 0.387 e. The summed E-state index contributed by atoms with van der Waals surface area (Å²) < 4.78 is 41.5. The molecule has 0 aliphatic rings. The van der Waals surface area contributed by atoms with Gasteiger partial charge in [-0.1, -0.05) is 36.4 Å². The predicted molar refractivity (Wildman–Crippen MR) is 99.4 cm³/mol. The Morgan fingerprint density at radius 3 is 2.48 bits per heavy atom. The number of aromatic nitrogens is 1. The highest BCUT2D eigenvalue weighted by molar-refractivity contribution is 9.10. The Balaban J connectivity index is 1.81. The zero-order chi connectivity index (χ0) is 19.8. The van der Waals surface area contributed by atoms with Crippen molar-refractivity contribution < 1.29 is 23.1 Å². The summed E-state index contributed by atoms with van der Waals surface area (Å²) in [6, 6.07) is 12.2. The van der Waals surface area contributed by atoms with Gasteiger partial charge in [-0.2, -0.15) is 13.2 Å². The fourth-order valence-electron chi connectivity index (χ4n) is 3.03. The summed E-state index contributed by atoms with van der Waals surface area (Å²) in [5.74, 6) is -0.496. The number of carbonyl (C=O) groups excluding carboxylic acids is 1. The molecule has 1 aromatic heterocycles. The van der Waals surface area contributed by atoms with E-state index in [1.54, 1.807) is 11.6 Å². The summed E-state index contributed by atoms with van der Waals surface area (Å²) >= 11 is 3.40. The third-order valence-corrected chi connectivity index (χ3v) is 5.14. The van der Waals surface area contributed by atoms with E-state index in [1.807, 2.05) is 24.3 Å². The fourth-order valence-corrected chi connectivity index (χ4v) is 3.81. The number of hydrogen-bond acceptors (Lipinski definition) is 2. The maximum absolute atomic E-state index is 13.1. The largest absolute Gasteiger partial charge is 0.416 e. The first-order valence-electron chi connectivity index (χ1n) is 8.07. The van der Waals surface area contributed by atoms with Crippen LogP contribution in [0.15, 0.2) is 53.0 Å². The summed E-state index contributed by atoms with van der Waals surface area (Å²) in [5.41, 5.74) is -0.0380. The molecular weight excluding hydrogens is 425 g/mol. The number of halogens is 4. The van der Waals surface area contributed by atoms with Crippen molar-refractivity contribution in [3.63, 3.8) is 0 Å². The maximum atomic E-state index is 13.1. The lowest BCUT2D eigenvalue weighted by Crippen LogP contribution is -2.30. The van der Waals surface area contributed by atoms with E-state index in [2.05, 4.69) is 21.2 Å². The molecule has 0 bridgehead atoms. The number of nitrogens with zero attached hydrogens (tertiary/aromatic N) is 1. The summed E-state index contributed by atoms with van der Waals surface area (Å²) in [5, 5.41) is 13.6. The number of benzene rings is 2. The van der Waals surface area contributed by atoms with Gasteiger partial charge < -0.3 is 15.0 Å². The van der Waals surface area contributed by atoms with E-state index in [-0.39, 0.29) is 12.1 Å². The second-order valence-corrected chi connectivity index (χ2v) is 6.84. The average molecular weight is 441 g/mol. The molecule has 3 rings (SSSR count). The quantitative estimate of drug-likeness (QED) is 0.630. The second kappa shape index (κ2) is 7.36. The molecule has 0 aliphatic heterocycles. The lowest BCUT2D eigenvalue weighted by atomic mass is 10.0. The Hall–Kier alpha value is -2.32. The van der Waals surface area contributed by atoms with Crippen LogP contribution < -0.4 is 5.32 Å². The molecule has 27 heavy (non-hydrogen) atoms. The molecule has 0 saturated carbocycles. The van der Waals surface area contributed by atoms with Crippen LogP contribution in [0.4, 0.5) is 13.2 Å². The molecule has 0 spiro atoms. The summed E-state index contributed by atoms with van der Waals surface area (Å²) in [4.78, 5) is 12.6. The van der Waals surface area contributed by atoms with Crippen LogP contribution in [0.5, 0.6) is 0 Å². The van der Waals surface area contributed by atoms with Crippen LogP contribution in [-0.2, 0) is 13.2 Å². The van der Waals surface area contributed by atoms with Gasteiger partial charge in [-0.05, 0) is 33.6 Å². The SMILES string of the molecule is Cn1c(C(=O)NC[C@H](O)c2ccccc2C(F)(F)F)c(Br)c2ccccc21. The lowest BCUT2D eigenvalue weighted by molar-refractivity contribution is -0.139. The van der Waals surface area contributed by atoms with Crippen molar-refractivity contribution in [1.82, 2.24) is 9.88 Å². The van der Waals surface area contributed by atoms with Gasteiger partial charge >= 0.3 is 6.18 Å². The third-order valence-electron chi connectivity index (χ3n) is 4.34. The average Bonchev–Trinajstić information content (AvgIpc) is 2.90. The van der Waals surface area contributed by atoms with Crippen LogP contribution >= 0.6 is 15.9 Å². The minimum Gasteiger partial charge on any atom is -0.387 e. The van der Waals surface area contributed by atoms with Gasteiger partial charge in [0.1, 0.15) is 5.69 Å². The molecule has 1 atom stereocenters. The Morgan fingerprint density at radius 2 is 1.81 bits per heavy atom. The molecule has 4 nitrogen and oxygen atoms in total. The molecule has 2 N–H and O–H groups in total. The molecule has 1 amide bonds. The number of para-hydroxylation sites is 1. The van der Waals surface area contributed by atoms with Crippen molar-refractivity contribution in [3.05, 3.63) is 69.8 Å². The highest BCUT2D eigenvalue weighted by Gasteiger charge is 2.34. The number of aryl methyl sites for hydroxylation is 1. The number of carbonyl (C=O) groups is 1. The van der Waals surface area contributed by atoms with Crippen molar-refractivity contribution in [2.24, 2.45) is 7.05 Å². The molecule has 2 aromatic carbocycles. The van der Waals surface area contributed by atoms with Crippen LogP contribution in [0.2, 0.25) is 0 Å². The molecule has 1 heterocycles. The zero-order valence-corrected chi connectivity index (χ0v) is 15.8. The van der Waals surface area contributed by atoms with Crippen molar-refractivity contribution in [2.45, 2.75) is 12.3 Å². The molecule has 0 saturated heterocycles. The van der Waals surface area contributed by atoms with E-state index in [0.29, 0.717) is 10.2 Å². The maximum Gasteiger partial charge on any atom is 0.416 e. The van der Waals surface area contributed by atoms with Crippen LogP contribution in [0.1, 0.15) is 27.7 Å². The number of aliphatic hydroxyl groups excluding tert-OH is 1. The molecule has 3 aromatic rings. The number of nitrogens with one attached hydrogen (secondary N) is 1. The molecule has 8 heteroatoms. The van der Waals surface area contributed by atoms with E-state index in [0.717, 1.165) is 17.0 Å². The number of fused-ring (bicyclic) bond motifs is 1. The Labute approximate surface area is 161 Å². The first kappa shape index (κ1) is 19.4. The minimum absolute atomic E-state index is 0.276. The molecular formula is C19H16BrF3N2O2. The van der Waals surface area contributed by atoms with Gasteiger partial charge in [-0.3, -0.25) is 4.79 Å². The number of alkyl halides is 3. The fraction of sp³-hybridized carbons (Fsp3) is 0.211. The van der Waals surface area contributed by atoms with E-state index in [4.69, 9.17) is 0 Å². The Morgan fingerprint density at radius 1 is 1.19 bits per heavy atom. The molecule has 0 unspecified atom stereocenters. The first-order chi connectivity index (χ1) is 12.7. The third kappa shape index (κ3) is 3.72. The van der Waals surface area contributed by atoms with Crippen LogP contribution in [0, 0.1) is 0 Å². The van der Waals surface area contributed by atoms with E-state index >= 15 is 0 Å². The highest BCUT2D eigenvalue weighted by atomic mass is 79.9. The van der Waals surface area contributed by atoms with E-state index in [9.17, 15) is 23.1 Å². The van der Waals surface area contributed by atoms with E-state index < -0.39 is 23.8 Å². The van der Waals surface area contributed by atoms with Crippen molar-refractivity contribution in [2.75, 3.05) is 6.54 Å². The second-order valence-electron chi connectivity index (χ2n) is 6.05.